The molecule has 0 aliphatic carbocycles. The van der Waals surface area contributed by atoms with E-state index in [0.717, 1.165) is 35.6 Å². The predicted molar refractivity (Wildman–Crippen MR) is 73.3 cm³/mol. The molecular formula is C12H9FN2O3S2. The minimum absolute atomic E-state index is 0.0582. The van der Waals surface area contributed by atoms with E-state index in [2.05, 4.69) is 21.5 Å². The van der Waals surface area contributed by atoms with E-state index in [9.17, 15) is 12.8 Å². The molecular weight excluding hydrogens is 303 g/mol. The zero-order chi connectivity index (χ0) is 14.6. The van der Waals surface area contributed by atoms with Gasteiger partial charge in [-0.2, -0.15) is 0 Å². The number of hydrogen-bond donors (Lipinski definition) is 2. The van der Waals surface area contributed by atoms with E-state index in [1.54, 1.807) is 0 Å². The van der Waals surface area contributed by atoms with Gasteiger partial charge in [0.15, 0.2) is 5.13 Å². The number of aromatic nitrogens is 1. The molecule has 0 aliphatic heterocycles. The van der Waals surface area contributed by atoms with Gasteiger partial charge in [0.1, 0.15) is 12.4 Å². The molecule has 2 rings (SSSR count). The van der Waals surface area contributed by atoms with Gasteiger partial charge in [-0.05, 0) is 24.3 Å². The average molecular weight is 312 g/mol. The molecule has 2 N–H and O–H groups in total. The van der Waals surface area contributed by atoms with Crippen molar-refractivity contribution in [1.29, 1.82) is 0 Å². The van der Waals surface area contributed by atoms with Crippen LogP contribution >= 0.6 is 11.3 Å². The monoisotopic (exact) mass is 312 g/mol. The van der Waals surface area contributed by atoms with E-state index in [4.69, 9.17) is 5.11 Å². The van der Waals surface area contributed by atoms with Gasteiger partial charge in [0.05, 0.1) is 16.0 Å². The maximum Gasteiger partial charge on any atom is 0.263 e. The molecule has 0 bridgehead atoms. The third kappa shape index (κ3) is 3.54. The summed E-state index contributed by atoms with van der Waals surface area (Å²) in [5.41, 5.74) is 0. The van der Waals surface area contributed by atoms with Gasteiger partial charge in [-0.3, -0.25) is 4.72 Å². The Balaban J connectivity index is 2.20. The van der Waals surface area contributed by atoms with Crippen LogP contribution < -0.4 is 4.72 Å². The molecule has 104 valence electrons. The van der Waals surface area contributed by atoms with Gasteiger partial charge in [0.25, 0.3) is 10.0 Å². The molecule has 0 aliphatic rings. The SMILES string of the molecule is O=S(=O)(Nc1ncc(C#CCO)s1)c1ccc(F)cc1. The molecule has 2 aromatic rings. The van der Waals surface area contributed by atoms with Crippen molar-refractivity contribution in [3.8, 4) is 11.8 Å². The number of nitrogens with zero attached hydrogens (tertiary/aromatic N) is 1. The first-order chi connectivity index (χ1) is 9.51. The van der Waals surface area contributed by atoms with Crippen LogP contribution in [0.2, 0.25) is 0 Å². The smallest absolute Gasteiger partial charge is 0.263 e. The summed E-state index contributed by atoms with van der Waals surface area (Å²) in [7, 11) is -3.80. The first-order valence-electron chi connectivity index (χ1n) is 5.35. The van der Waals surface area contributed by atoms with Crippen molar-refractivity contribution in [1.82, 2.24) is 4.98 Å². The van der Waals surface area contributed by atoms with Crippen LogP contribution in [-0.4, -0.2) is 25.1 Å². The predicted octanol–water partition coefficient (Wildman–Crippen LogP) is 1.43. The number of aliphatic hydroxyl groups is 1. The largest absolute Gasteiger partial charge is 0.384 e. The molecule has 8 heteroatoms. The quantitative estimate of drug-likeness (QED) is 0.840. The zero-order valence-electron chi connectivity index (χ0n) is 10.00. The number of rotatable bonds is 3. The number of nitrogens with one attached hydrogen (secondary N) is 1. The highest BCUT2D eigenvalue weighted by molar-refractivity contribution is 7.93. The lowest BCUT2D eigenvalue weighted by atomic mass is 10.4. The molecule has 1 aromatic carbocycles. The van der Waals surface area contributed by atoms with Gasteiger partial charge in [-0.25, -0.2) is 17.8 Å². The highest BCUT2D eigenvalue weighted by atomic mass is 32.2. The highest BCUT2D eigenvalue weighted by Gasteiger charge is 2.15. The average Bonchev–Trinajstić information content (AvgIpc) is 2.83. The lowest BCUT2D eigenvalue weighted by Crippen LogP contribution is -2.12. The van der Waals surface area contributed by atoms with Gasteiger partial charge >= 0.3 is 0 Å². The Morgan fingerprint density at radius 1 is 1.35 bits per heavy atom. The second-order valence-corrected chi connectivity index (χ2v) is 6.26. The Kier molecular flexibility index (Phi) is 4.34. The van der Waals surface area contributed by atoms with Crippen molar-refractivity contribution in [2.24, 2.45) is 0 Å². The van der Waals surface area contributed by atoms with Gasteiger partial charge in [-0.1, -0.05) is 23.2 Å². The van der Waals surface area contributed by atoms with E-state index >= 15 is 0 Å². The maximum atomic E-state index is 12.8. The summed E-state index contributed by atoms with van der Waals surface area (Å²) in [5.74, 6) is 4.54. The molecule has 0 spiro atoms. The summed E-state index contributed by atoms with van der Waals surface area (Å²) in [4.78, 5) is 4.33. The lowest BCUT2D eigenvalue weighted by molar-refractivity contribution is 0.350. The summed E-state index contributed by atoms with van der Waals surface area (Å²) in [6, 6.07) is 4.46. The summed E-state index contributed by atoms with van der Waals surface area (Å²) in [6.45, 7) is -0.283. The van der Waals surface area contributed by atoms with Crippen LogP contribution in [0.5, 0.6) is 0 Å². The van der Waals surface area contributed by atoms with E-state index < -0.39 is 15.8 Å². The van der Waals surface area contributed by atoms with Gasteiger partial charge in [0, 0.05) is 0 Å². The third-order valence-electron chi connectivity index (χ3n) is 2.14. The number of anilines is 1. The number of hydrogen-bond acceptors (Lipinski definition) is 5. The van der Waals surface area contributed by atoms with Crippen LogP contribution in [0, 0.1) is 17.7 Å². The van der Waals surface area contributed by atoms with Crippen molar-refractivity contribution in [2.45, 2.75) is 4.90 Å². The molecule has 0 atom stereocenters. The Morgan fingerprint density at radius 2 is 2.05 bits per heavy atom. The molecule has 0 fully saturated rings. The van der Waals surface area contributed by atoms with Crippen molar-refractivity contribution in [3.05, 3.63) is 41.2 Å². The molecule has 0 saturated carbocycles. The Morgan fingerprint density at radius 3 is 2.70 bits per heavy atom. The second kappa shape index (κ2) is 6.00. The van der Waals surface area contributed by atoms with Crippen molar-refractivity contribution >= 4 is 26.5 Å². The first kappa shape index (κ1) is 14.5. The normalized spacial score (nSPS) is 10.7. The first-order valence-corrected chi connectivity index (χ1v) is 7.65. The summed E-state index contributed by atoms with van der Waals surface area (Å²) >= 11 is 1.04. The molecule has 0 saturated heterocycles. The number of thiazole rings is 1. The minimum atomic E-state index is -3.80. The van der Waals surface area contributed by atoms with Crippen LogP contribution in [0.4, 0.5) is 9.52 Å². The fourth-order valence-corrected chi connectivity index (χ4v) is 3.23. The van der Waals surface area contributed by atoms with Crippen LogP contribution in [0.15, 0.2) is 35.4 Å². The number of sulfonamides is 1. The van der Waals surface area contributed by atoms with Gasteiger partial charge in [0.2, 0.25) is 0 Å². The van der Waals surface area contributed by atoms with E-state index in [1.807, 2.05) is 0 Å². The van der Waals surface area contributed by atoms with Crippen LogP contribution in [-0.2, 0) is 10.0 Å². The summed E-state index contributed by atoms with van der Waals surface area (Å²) < 4.78 is 39.0. The summed E-state index contributed by atoms with van der Waals surface area (Å²) in [5, 5.41) is 8.71. The number of benzene rings is 1. The topological polar surface area (TPSA) is 79.3 Å². The Labute approximate surface area is 119 Å². The molecule has 1 aromatic heterocycles. The van der Waals surface area contributed by atoms with Crippen molar-refractivity contribution in [3.63, 3.8) is 0 Å². The molecule has 5 nitrogen and oxygen atoms in total. The zero-order valence-corrected chi connectivity index (χ0v) is 11.6. The van der Waals surface area contributed by atoms with Crippen molar-refractivity contribution < 1.29 is 17.9 Å². The molecule has 0 amide bonds. The van der Waals surface area contributed by atoms with E-state index in [0.29, 0.717) is 4.88 Å². The third-order valence-corrected chi connectivity index (χ3v) is 4.45. The summed E-state index contributed by atoms with van der Waals surface area (Å²) in [6.07, 6.45) is 1.40. The minimum Gasteiger partial charge on any atom is -0.384 e. The Hall–Kier alpha value is -1.95. The molecule has 20 heavy (non-hydrogen) atoms. The number of aliphatic hydroxyl groups excluding tert-OH is 1. The van der Waals surface area contributed by atoms with Crippen LogP contribution in [0.1, 0.15) is 4.88 Å². The molecule has 1 heterocycles. The number of halogens is 1. The highest BCUT2D eigenvalue weighted by Crippen LogP contribution is 2.21. The second-order valence-electron chi connectivity index (χ2n) is 3.55. The molecule has 0 radical (unpaired) electrons. The fraction of sp³-hybridized carbons (Fsp3) is 0.0833. The van der Waals surface area contributed by atoms with E-state index in [1.165, 1.54) is 6.20 Å². The molecule has 0 unspecified atom stereocenters. The van der Waals surface area contributed by atoms with Crippen LogP contribution in [0.3, 0.4) is 0 Å². The van der Waals surface area contributed by atoms with E-state index in [-0.39, 0.29) is 16.6 Å². The van der Waals surface area contributed by atoms with Crippen LogP contribution in [0.25, 0.3) is 0 Å². The standard InChI is InChI=1S/C12H9FN2O3S2/c13-9-3-5-11(6-4-9)20(17,18)15-12-14-8-10(19-12)2-1-7-16/h3-6,8,16H,7H2,(H,14,15). The van der Waals surface area contributed by atoms with Crippen molar-refractivity contribution in [2.75, 3.05) is 11.3 Å². The Bertz CT molecular complexity index is 758. The van der Waals surface area contributed by atoms with Gasteiger partial charge in [-0.15, -0.1) is 0 Å². The fourth-order valence-electron chi connectivity index (χ4n) is 1.29. The maximum absolute atomic E-state index is 12.8. The van der Waals surface area contributed by atoms with Gasteiger partial charge < -0.3 is 5.11 Å². The lowest BCUT2D eigenvalue weighted by Gasteiger charge is -2.04.